The molecule has 86 valence electrons. The molecule has 0 unspecified atom stereocenters. The van der Waals surface area contributed by atoms with Crippen molar-refractivity contribution in [1.82, 2.24) is 9.97 Å². The van der Waals surface area contributed by atoms with Gasteiger partial charge in [-0.2, -0.15) is 0 Å². The minimum atomic E-state index is 0.505. The van der Waals surface area contributed by atoms with Crippen molar-refractivity contribution in [2.75, 3.05) is 11.9 Å². The first kappa shape index (κ1) is 11.9. The van der Waals surface area contributed by atoms with Crippen molar-refractivity contribution in [2.45, 2.75) is 25.7 Å². The third-order valence-corrected chi connectivity index (χ3v) is 3.14. The summed E-state index contributed by atoms with van der Waals surface area (Å²) < 4.78 is 0.884. The number of anilines is 1. The van der Waals surface area contributed by atoms with Crippen LogP contribution in [0.2, 0.25) is 5.15 Å². The van der Waals surface area contributed by atoms with Crippen molar-refractivity contribution >= 4 is 33.3 Å². The molecule has 2 rings (SSSR count). The lowest BCUT2D eigenvalue weighted by Gasteiger charge is -2.10. The molecule has 0 spiro atoms. The van der Waals surface area contributed by atoms with Gasteiger partial charge in [-0.3, -0.25) is 0 Å². The monoisotopic (exact) mass is 301 g/mol. The zero-order valence-corrected chi connectivity index (χ0v) is 11.4. The summed E-state index contributed by atoms with van der Waals surface area (Å²) in [7, 11) is 0. The van der Waals surface area contributed by atoms with Crippen LogP contribution in [0.15, 0.2) is 11.1 Å². The Labute approximate surface area is 108 Å². The van der Waals surface area contributed by atoms with Crippen molar-refractivity contribution in [2.24, 2.45) is 0 Å². The first-order valence-corrected chi connectivity index (χ1v) is 6.36. The fourth-order valence-electron chi connectivity index (χ4n) is 1.38. The van der Waals surface area contributed by atoms with E-state index in [0.717, 1.165) is 21.7 Å². The molecule has 0 saturated heterocycles. The van der Waals surface area contributed by atoms with Crippen LogP contribution in [-0.2, 0) is 0 Å². The highest BCUT2D eigenvalue weighted by molar-refractivity contribution is 9.11. The van der Waals surface area contributed by atoms with Crippen molar-refractivity contribution in [3.8, 4) is 0 Å². The van der Waals surface area contributed by atoms with Gasteiger partial charge in [0.2, 0.25) is 0 Å². The molecule has 0 atom stereocenters. The smallest absolute Gasteiger partial charge is 0.137 e. The molecule has 1 aromatic heterocycles. The Balaban J connectivity index is 2.23. The lowest BCUT2D eigenvalue weighted by molar-refractivity contribution is 0.917. The maximum absolute atomic E-state index is 6.08. The van der Waals surface area contributed by atoms with Crippen LogP contribution in [0, 0.1) is 6.92 Å². The van der Waals surface area contributed by atoms with Crippen molar-refractivity contribution in [3.63, 3.8) is 0 Å². The molecule has 0 aromatic carbocycles. The molecule has 16 heavy (non-hydrogen) atoms. The van der Waals surface area contributed by atoms with E-state index in [9.17, 15) is 0 Å². The summed E-state index contributed by atoms with van der Waals surface area (Å²) in [5, 5.41) is 3.74. The number of aromatic nitrogens is 2. The highest BCUT2D eigenvalue weighted by Crippen LogP contribution is 2.39. The number of rotatable bonds is 4. The van der Waals surface area contributed by atoms with E-state index < -0.39 is 0 Å². The molecule has 0 amide bonds. The van der Waals surface area contributed by atoms with E-state index in [0.29, 0.717) is 17.6 Å². The van der Waals surface area contributed by atoms with Crippen LogP contribution in [0.25, 0.3) is 0 Å². The average molecular weight is 303 g/mol. The number of nitrogens with one attached hydrogen (secondary N) is 1. The third-order valence-electron chi connectivity index (χ3n) is 2.49. The largest absolute Gasteiger partial charge is 0.365 e. The van der Waals surface area contributed by atoms with Gasteiger partial charge in [0.15, 0.2) is 0 Å². The van der Waals surface area contributed by atoms with Crippen LogP contribution in [0.3, 0.4) is 0 Å². The average Bonchev–Trinajstić information content (AvgIpc) is 3.03. The second-order valence-electron chi connectivity index (χ2n) is 3.99. The molecule has 1 heterocycles. The topological polar surface area (TPSA) is 37.8 Å². The molecular weight excluding hydrogens is 289 g/mol. The molecule has 0 radical (unpaired) electrons. The summed E-state index contributed by atoms with van der Waals surface area (Å²) in [6.07, 6.45) is 2.34. The minimum Gasteiger partial charge on any atom is -0.365 e. The summed E-state index contributed by atoms with van der Waals surface area (Å²) in [5.41, 5.74) is 0.889. The van der Waals surface area contributed by atoms with E-state index in [1.165, 1.54) is 12.8 Å². The zero-order chi connectivity index (χ0) is 11.7. The van der Waals surface area contributed by atoms with E-state index in [-0.39, 0.29) is 0 Å². The molecule has 1 aliphatic rings. The van der Waals surface area contributed by atoms with Crippen LogP contribution in [0.5, 0.6) is 0 Å². The van der Waals surface area contributed by atoms with Crippen molar-refractivity contribution < 1.29 is 0 Å². The summed E-state index contributed by atoms with van der Waals surface area (Å²) >= 11 is 9.38. The van der Waals surface area contributed by atoms with E-state index >= 15 is 0 Å². The summed E-state index contributed by atoms with van der Waals surface area (Å²) in [4.78, 5) is 8.80. The fourth-order valence-corrected chi connectivity index (χ4v) is 1.70. The van der Waals surface area contributed by atoms with Crippen LogP contribution in [-0.4, -0.2) is 16.5 Å². The lowest BCUT2D eigenvalue weighted by atomic mass is 10.3. The van der Waals surface area contributed by atoms with Gasteiger partial charge in [-0.15, -0.1) is 0 Å². The maximum Gasteiger partial charge on any atom is 0.137 e. The standard InChI is InChI=1S/C11H13BrClN3/c1-6(12)5-14-10-7(2)9(13)15-11(16-10)8-3-4-8/h8H,1,3-5H2,2H3,(H,14,15,16). The third kappa shape index (κ3) is 2.74. The molecule has 0 aliphatic heterocycles. The second-order valence-corrected chi connectivity index (χ2v) is 5.47. The van der Waals surface area contributed by atoms with Crippen LogP contribution >= 0.6 is 27.5 Å². The Kier molecular flexibility index (Phi) is 3.50. The SMILES string of the molecule is C=C(Br)CNc1nc(C2CC2)nc(Cl)c1C. The highest BCUT2D eigenvalue weighted by Gasteiger charge is 2.27. The number of hydrogen-bond donors (Lipinski definition) is 1. The highest BCUT2D eigenvalue weighted by atomic mass is 79.9. The van der Waals surface area contributed by atoms with Crippen LogP contribution in [0.1, 0.15) is 30.1 Å². The molecule has 1 aromatic rings. The van der Waals surface area contributed by atoms with Crippen molar-refractivity contribution in [1.29, 1.82) is 0 Å². The van der Waals surface area contributed by atoms with Gasteiger partial charge in [0.25, 0.3) is 0 Å². The molecule has 5 heteroatoms. The number of hydrogen-bond acceptors (Lipinski definition) is 3. The summed E-state index contributed by atoms with van der Waals surface area (Å²) in [6.45, 7) is 6.32. The Morgan fingerprint density at radius 2 is 2.25 bits per heavy atom. The van der Waals surface area contributed by atoms with E-state index in [2.05, 4.69) is 37.8 Å². The Morgan fingerprint density at radius 3 is 2.81 bits per heavy atom. The molecule has 1 aliphatic carbocycles. The van der Waals surface area contributed by atoms with Gasteiger partial charge in [-0.1, -0.05) is 34.1 Å². The molecule has 1 saturated carbocycles. The normalized spacial score (nSPS) is 14.9. The van der Waals surface area contributed by atoms with Gasteiger partial charge in [0.05, 0.1) is 0 Å². The van der Waals surface area contributed by atoms with E-state index in [4.69, 9.17) is 11.6 Å². The number of nitrogens with zero attached hydrogens (tertiary/aromatic N) is 2. The fraction of sp³-hybridized carbons (Fsp3) is 0.455. The van der Waals surface area contributed by atoms with Gasteiger partial charge < -0.3 is 5.32 Å². The number of halogens is 2. The zero-order valence-electron chi connectivity index (χ0n) is 9.06. The van der Waals surface area contributed by atoms with Crippen LogP contribution < -0.4 is 5.32 Å². The summed E-state index contributed by atoms with van der Waals surface area (Å²) in [5.74, 6) is 2.17. The van der Waals surface area contributed by atoms with Gasteiger partial charge >= 0.3 is 0 Å². The minimum absolute atomic E-state index is 0.505. The summed E-state index contributed by atoms with van der Waals surface area (Å²) in [6, 6.07) is 0. The second kappa shape index (κ2) is 4.72. The maximum atomic E-state index is 6.08. The Bertz CT molecular complexity index is 429. The van der Waals surface area contributed by atoms with Crippen LogP contribution in [0.4, 0.5) is 5.82 Å². The quantitative estimate of drug-likeness (QED) is 0.863. The Morgan fingerprint density at radius 1 is 1.56 bits per heavy atom. The molecule has 0 bridgehead atoms. The first-order valence-electron chi connectivity index (χ1n) is 5.19. The van der Waals surface area contributed by atoms with Gasteiger partial charge in [0.1, 0.15) is 16.8 Å². The lowest BCUT2D eigenvalue weighted by Crippen LogP contribution is -2.08. The van der Waals surface area contributed by atoms with Gasteiger partial charge in [-0.05, 0) is 19.8 Å². The van der Waals surface area contributed by atoms with E-state index in [1.54, 1.807) is 0 Å². The molecule has 3 nitrogen and oxygen atoms in total. The predicted octanol–water partition coefficient (Wildman–Crippen LogP) is 3.64. The molecule has 1 N–H and O–H groups in total. The van der Waals surface area contributed by atoms with Gasteiger partial charge in [-0.25, -0.2) is 9.97 Å². The van der Waals surface area contributed by atoms with Crippen molar-refractivity contribution in [3.05, 3.63) is 27.6 Å². The first-order chi connectivity index (χ1) is 7.58. The van der Waals surface area contributed by atoms with E-state index in [1.807, 2.05) is 6.92 Å². The molecule has 1 fully saturated rings. The molecular formula is C11H13BrClN3. The van der Waals surface area contributed by atoms with Gasteiger partial charge in [0, 0.05) is 22.5 Å². The predicted molar refractivity (Wildman–Crippen MR) is 70.3 cm³/mol. The Hall–Kier alpha value is -0.610.